The van der Waals surface area contributed by atoms with Crippen molar-refractivity contribution in [3.8, 4) is 6.07 Å². The predicted molar refractivity (Wildman–Crippen MR) is 79.5 cm³/mol. The van der Waals surface area contributed by atoms with Gasteiger partial charge in [-0.2, -0.15) is 5.26 Å². The molecule has 4 atom stereocenters. The molecule has 0 radical (unpaired) electrons. The average molecular weight is 277 g/mol. The zero-order valence-corrected chi connectivity index (χ0v) is 12.4. The van der Waals surface area contributed by atoms with Gasteiger partial charge in [-0.15, -0.1) is 12.4 Å². The second kappa shape index (κ2) is 5.53. The second-order valence-electron chi connectivity index (χ2n) is 5.87. The topological polar surface area (TPSA) is 27.0 Å². The van der Waals surface area contributed by atoms with Gasteiger partial charge in [-0.05, 0) is 38.8 Å². The van der Waals surface area contributed by atoms with E-state index >= 15 is 0 Å². The summed E-state index contributed by atoms with van der Waals surface area (Å²) in [4.78, 5) is 2.44. The van der Waals surface area contributed by atoms with Crippen LogP contribution in [-0.2, 0) is 0 Å². The van der Waals surface area contributed by atoms with Gasteiger partial charge in [0.25, 0.3) is 0 Å². The molecular weight excluding hydrogens is 256 g/mol. The lowest BCUT2D eigenvalue weighted by Crippen LogP contribution is -2.45. The Bertz CT molecular complexity index is 477. The summed E-state index contributed by atoms with van der Waals surface area (Å²) in [5.74, 6) is 0.598. The summed E-state index contributed by atoms with van der Waals surface area (Å²) >= 11 is 0. The lowest BCUT2D eigenvalue weighted by Gasteiger charge is -2.40. The maximum atomic E-state index is 9.54. The maximum Gasteiger partial charge on any atom is 0.0687 e. The molecule has 0 N–H and O–H groups in total. The van der Waals surface area contributed by atoms with Crippen molar-refractivity contribution in [3.05, 3.63) is 35.4 Å². The van der Waals surface area contributed by atoms with Crippen LogP contribution in [0.25, 0.3) is 0 Å². The molecule has 2 fully saturated rings. The Labute approximate surface area is 121 Å². The van der Waals surface area contributed by atoms with Crippen LogP contribution in [-0.4, -0.2) is 24.0 Å². The minimum atomic E-state index is 0. The minimum Gasteiger partial charge on any atom is -0.299 e. The van der Waals surface area contributed by atoms with Gasteiger partial charge < -0.3 is 0 Å². The zero-order valence-electron chi connectivity index (χ0n) is 11.5. The summed E-state index contributed by atoms with van der Waals surface area (Å²) < 4.78 is 0. The smallest absolute Gasteiger partial charge is 0.0687 e. The monoisotopic (exact) mass is 276 g/mol. The van der Waals surface area contributed by atoms with Crippen molar-refractivity contribution in [1.82, 2.24) is 4.90 Å². The lowest BCUT2D eigenvalue weighted by atomic mass is 9.77. The van der Waals surface area contributed by atoms with Crippen LogP contribution in [0.4, 0.5) is 0 Å². The molecule has 3 rings (SSSR count). The van der Waals surface area contributed by atoms with E-state index in [9.17, 15) is 5.26 Å². The first-order valence-corrected chi connectivity index (χ1v) is 6.89. The molecule has 1 aromatic carbocycles. The molecule has 2 aliphatic heterocycles. The van der Waals surface area contributed by atoms with Gasteiger partial charge in [-0.3, -0.25) is 4.90 Å². The van der Waals surface area contributed by atoms with Gasteiger partial charge in [0.05, 0.1) is 12.0 Å². The Kier molecular flexibility index (Phi) is 4.18. The summed E-state index contributed by atoms with van der Waals surface area (Å²) in [5.41, 5.74) is 2.65. The normalized spacial score (nSPS) is 33.5. The van der Waals surface area contributed by atoms with Crippen molar-refractivity contribution in [2.24, 2.45) is 5.92 Å². The molecule has 0 amide bonds. The van der Waals surface area contributed by atoms with Crippen molar-refractivity contribution in [2.75, 3.05) is 7.05 Å². The Hall–Kier alpha value is -1.04. The fourth-order valence-corrected chi connectivity index (χ4v) is 3.80. The molecule has 19 heavy (non-hydrogen) atoms. The molecule has 102 valence electrons. The number of hydrogen-bond acceptors (Lipinski definition) is 2. The Morgan fingerprint density at radius 3 is 2.53 bits per heavy atom. The summed E-state index contributed by atoms with van der Waals surface area (Å²) in [6.45, 7) is 2.11. The van der Waals surface area contributed by atoms with Crippen LogP contribution in [0.3, 0.4) is 0 Å². The molecule has 0 spiro atoms. The third-order valence-electron chi connectivity index (χ3n) is 4.92. The molecule has 0 saturated carbocycles. The van der Waals surface area contributed by atoms with E-state index in [0.717, 1.165) is 6.42 Å². The molecule has 2 bridgehead atoms. The molecule has 2 heterocycles. The molecule has 2 nitrogen and oxygen atoms in total. The van der Waals surface area contributed by atoms with Crippen LogP contribution in [0.2, 0.25) is 0 Å². The fourth-order valence-electron chi connectivity index (χ4n) is 3.80. The van der Waals surface area contributed by atoms with Crippen molar-refractivity contribution >= 4 is 12.4 Å². The maximum absolute atomic E-state index is 9.54. The fraction of sp³-hybridized carbons (Fsp3) is 0.562. The second-order valence-corrected chi connectivity index (χ2v) is 5.87. The average Bonchev–Trinajstić information content (AvgIpc) is 2.63. The number of hydrogen-bond donors (Lipinski definition) is 0. The highest BCUT2D eigenvalue weighted by Crippen LogP contribution is 2.45. The Morgan fingerprint density at radius 2 is 1.89 bits per heavy atom. The zero-order chi connectivity index (χ0) is 12.7. The SMILES string of the molecule is Cc1ccc([C@H]2C[C@@H]3CC[C@H]([C@H]2C#N)N3C)cc1.Cl. The van der Waals surface area contributed by atoms with E-state index in [1.54, 1.807) is 0 Å². The number of rotatable bonds is 1. The highest BCUT2D eigenvalue weighted by molar-refractivity contribution is 5.85. The molecule has 0 aliphatic carbocycles. The van der Waals surface area contributed by atoms with E-state index in [0.29, 0.717) is 18.0 Å². The first kappa shape index (κ1) is 14.4. The molecule has 0 aromatic heterocycles. The van der Waals surface area contributed by atoms with E-state index in [-0.39, 0.29) is 18.3 Å². The highest BCUT2D eigenvalue weighted by atomic mass is 35.5. The van der Waals surface area contributed by atoms with Crippen molar-refractivity contribution in [2.45, 2.75) is 44.2 Å². The third-order valence-corrected chi connectivity index (χ3v) is 4.92. The van der Waals surface area contributed by atoms with Crippen molar-refractivity contribution in [1.29, 1.82) is 5.26 Å². The van der Waals surface area contributed by atoms with Gasteiger partial charge >= 0.3 is 0 Å². The van der Waals surface area contributed by atoms with Crippen LogP contribution >= 0.6 is 12.4 Å². The van der Waals surface area contributed by atoms with Crippen LogP contribution in [0.15, 0.2) is 24.3 Å². The highest BCUT2D eigenvalue weighted by Gasteiger charge is 2.45. The molecule has 3 heteroatoms. The van der Waals surface area contributed by atoms with Crippen LogP contribution in [0.5, 0.6) is 0 Å². The molecule has 2 saturated heterocycles. The largest absolute Gasteiger partial charge is 0.299 e. The lowest BCUT2D eigenvalue weighted by molar-refractivity contribution is 0.127. The van der Waals surface area contributed by atoms with Crippen molar-refractivity contribution in [3.63, 3.8) is 0 Å². The van der Waals surface area contributed by atoms with Gasteiger partial charge in [0.2, 0.25) is 0 Å². The number of halogens is 1. The summed E-state index contributed by atoms with van der Waals surface area (Å²) in [7, 11) is 2.19. The van der Waals surface area contributed by atoms with Gasteiger partial charge in [0, 0.05) is 18.0 Å². The molecular formula is C16H21ClN2. The van der Waals surface area contributed by atoms with E-state index < -0.39 is 0 Å². The number of aryl methyl sites for hydroxylation is 1. The summed E-state index contributed by atoms with van der Waals surface area (Å²) in [5, 5.41) is 9.54. The quantitative estimate of drug-likeness (QED) is 0.785. The van der Waals surface area contributed by atoms with Gasteiger partial charge in [0.15, 0.2) is 0 Å². The Morgan fingerprint density at radius 1 is 1.21 bits per heavy atom. The molecule has 1 aromatic rings. The number of fused-ring (bicyclic) bond motifs is 2. The number of nitriles is 1. The van der Waals surface area contributed by atoms with Crippen LogP contribution in [0, 0.1) is 24.2 Å². The van der Waals surface area contributed by atoms with E-state index in [1.807, 2.05) is 0 Å². The predicted octanol–water partition coefficient (Wildman–Crippen LogP) is 3.51. The first-order chi connectivity index (χ1) is 8.70. The Balaban J connectivity index is 0.00000133. The van der Waals surface area contributed by atoms with Crippen molar-refractivity contribution < 1.29 is 0 Å². The standard InChI is InChI=1S/C16H20N2.ClH/c1-11-3-5-12(6-4-11)14-9-13-7-8-16(18(13)2)15(14)10-17;/h3-6,13-16H,7-9H2,1-2H3;1H/t13-,14+,15-,16+;/m0./s1. The molecule has 0 unspecified atom stereocenters. The van der Waals surface area contributed by atoms with E-state index in [1.165, 1.54) is 24.0 Å². The third kappa shape index (κ3) is 2.38. The first-order valence-electron chi connectivity index (χ1n) is 6.89. The van der Waals surface area contributed by atoms with Gasteiger partial charge in [-0.25, -0.2) is 0 Å². The van der Waals surface area contributed by atoms with Gasteiger partial charge in [-0.1, -0.05) is 29.8 Å². The van der Waals surface area contributed by atoms with Crippen LogP contribution in [0.1, 0.15) is 36.3 Å². The summed E-state index contributed by atoms with van der Waals surface area (Å²) in [6.07, 6.45) is 3.61. The van der Waals surface area contributed by atoms with Crippen LogP contribution < -0.4 is 0 Å². The van der Waals surface area contributed by atoms with Gasteiger partial charge in [0.1, 0.15) is 0 Å². The van der Waals surface area contributed by atoms with E-state index in [4.69, 9.17) is 0 Å². The van der Waals surface area contributed by atoms with E-state index in [2.05, 4.69) is 49.2 Å². The number of benzene rings is 1. The minimum absolute atomic E-state index is 0. The number of nitrogens with zero attached hydrogens (tertiary/aromatic N) is 2. The molecule has 2 aliphatic rings. The summed E-state index contributed by atoms with van der Waals surface area (Å²) in [6, 6.07) is 12.5. The number of piperidine rings is 1.